The fourth-order valence-electron chi connectivity index (χ4n) is 2.32. The Bertz CT molecular complexity index is 672. The third-order valence-electron chi connectivity index (χ3n) is 3.33. The highest BCUT2D eigenvalue weighted by Crippen LogP contribution is 2.30. The number of non-ortho nitro benzene ring substituents is 1. The van der Waals surface area contributed by atoms with Gasteiger partial charge in [-0.3, -0.25) is 10.1 Å². The van der Waals surface area contributed by atoms with Gasteiger partial charge in [0.15, 0.2) is 5.11 Å². The van der Waals surface area contributed by atoms with Gasteiger partial charge in [0.1, 0.15) is 0 Å². The molecule has 2 rings (SSSR count). The number of nitrogens with one attached hydrogen (secondary N) is 2. The molecular weight excluding hydrogens is 306 g/mol. The zero-order chi connectivity index (χ0) is 16.3. The standard InChI is InChI=1S/C14H15N3O4S/c1-3-10-11(13(18)21-2)12(16-14(22)15-10)8-5-4-6-9(7-8)17(19)20/h4-7,12H,3H2,1-2H3,(H2,15,16,22)/t12-/m1/s1. The van der Waals surface area contributed by atoms with Crippen LogP contribution < -0.4 is 10.6 Å². The van der Waals surface area contributed by atoms with Crippen molar-refractivity contribution in [2.75, 3.05) is 7.11 Å². The summed E-state index contributed by atoms with van der Waals surface area (Å²) in [4.78, 5) is 22.6. The lowest BCUT2D eigenvalue weighted by Crippen LogP contribution is -2.45. The minimum atomic E-state index is -0.587. The van der Waals surface area contributed by atoms with Crippen LogP contribution >= 0.6 is 12.2 Å². The molecule has 0 unspecified atom stereocenters. The molecule has 2 N–H and O–H groups in total. The number of carbonyl (C=O) groups excluding carboxylic acids is 1. The van der Waals surface area contributed by atoms with E-state index in [1.54, 1.807) is 12.1 Å². The normalized spacial score (nSPS) is 17.5. The molecule has 1 heterocycles. The van der Waals surface area contributed by atoms with Gasteiger partial charge in [0.25, 0.3) is 5.69 Å². The number of thiocarbonyl (C=S) groups is 1. The molecular formula is C14H15N3O4S. The predicted octanol–water partition coefficient (Wildman–Crippen LogP) is 1.95. The van der Waals surface area contributed by atoms with Crippen molar-refractivity contribution >= 4 is 29.0 Å². The van der Waals surface area contributed by atoms with Gasteiger partial charge >= 0.3 is 5.97 Å². The SMILES string of the molecule is CCC1=C(C(=O)OC)[C@@H](c2cccc([N+](=O)[O-])c2)NC(=S)N1. The van der Waals surface area contributed by atoms with Gasteiger partial charge in [-0.15, -0.1) is 0 Å². The lowest BCUT2D eigenvalue weighted by Gasteiger charge is -2.30. The van der Waals surface area contributed by atoms with Crippen molar-refractivity contribution in [2.24, 2.45) is 0 Å². The number of rotatable bonds is 4. The third-order valence-corrected chi connectivity index (χ3v) is 3.55. The number of hydrogen-bond donors (Lipinski definition) is 2. The molecule has 1 aromatic rings. The Kier molecular flexibility index (Phi) is 4.71. The number of hydrogen-bond acceptors (Lipinski definition) is 5. The van der Waals surface area contributed by atoms with Crippen LogP contribution in [0, 0.1) is 10.1 Å². The van der Waals surface area contributed by atoms with E-state index in [0.717, 1.165) is 0 Å². The Hall–Kier alpha value is -2.48. The lowest BCUT2D eigenvalue weighted by molar-refractivity contribution is -0.384. The number of allylic oxidation sites excluding steroid dienone is 1. The Balaban J connectivity index is 2.54. The van der Waals surface area contributed by atoms with Crippen molar-refractivity contribution in [3.8, 4) is 0 Å². The molecule has 0 aromatic heterocycles. The summed E-state index contributed by atoms with van der Waals surface area (Å²) in [6.07, 6.45) is 0.553. The molecule has 7 nitrogen and oxygen atoms in total. The summed E-state index contributed by atoms with van der Waals surface area (Å²) in [6, 6.07) is 5.50. The summed E-state index contributed by atoms with van der Waals surface area (Å²) >= 11 is 5.14. The number of esters is 1. The van der Waals surface area contributed by atoms with Crippen molar-refractivity contribution in [1.82, 2.24) is 10.6 Å². The number of nitrogens with zero attached hydrogens (tertiary/aromatic N) is 1. The molecule has 1 aliphatic heterocycles. The molecule has 1 aromatic carbocycles. The van der Waals surface area contributed by atoms with E-state index in [0.29, 0.717) is 28.4 Å². The molecule has 0 bridgehead atoms. The second-order valence-corrected chi connectivity index (χ2v) is 5.03. The molecule has 1 atom stereocenters. The highest BCUT2D eigenvalue weighted by molar-refractivity contribution is 7.80. The first-order valence-corrected chi connectivity index (χ1v) is 7.02. The Morgan fingerprint density at radius 1 is 1.50 bits per heavy atom. The first-order chi connectivity index (χ1) is 10.5. The van der Waals surface area contributed by atoms with E-state index in [4.69, 9.17) is 17.0 Å². The van der Waals surface area contributed by atoms with Crippen LogP contribution in [0.25, 0.3) is 0 Å². The van der Waals surface area contributed by atoms with Crippen LogP contribution in [0.2, 0.25) is 0 Å². The maximum atomic E-state index is 12.1. The number of carbonyl (C=O) groups is 1. The maximum absolute atomic E-state index is 12.1. The number of methoxy groups -OCH3 is 1. The number of benzene rings is 1. The lowest BCUT2D eigenvalue weighted by atomic mass is 9.94. The van der Waals surface area contributed by atoms with Crippen LogP contribution in [0.15, 0.2) is 35.5 Å². The Labute approximate surface area is 132 Å². The predicted molar refractivity (Wildman–Crippen MR) is 84.0 cm³/mol. The second kappa shape index (κ2) is 6.52. The summed E-state index contributed by atoms with van der Waals surface area (Å²) in [7, 11) is 1.29. The molecule has 0 saturated carbocycles. The van der Waals surface area contributed by atoms with Gasteiger partial charge in [-0.25, -0.2) is 4.79 Å². The summed E-state index contributed by atoms with van der Waals surface area (Å²) in [5.41, 5.74) is 1.54. The highest BCUT2D eigenvalue weighted by atomic mass is 32.1. The van der Waals surface area contributed by atoms with Crippen LogP contribution in [0.3, 0.4) is 0 Å². The molecule has 116 valence electrons. The van der Waals surface area contributed by atoms with E-state index in [-0.39, 0.29) is 5.69 Å². The third kappa shape index (κ3) is 3.06. The quantitative estimate of drug-likeness (QED) is 0.379. The molecule has 0 fully saturated rings. The van der Waals surface area contributed by atoms with Crippen LogP contribution in [0.1, 0.15) is 24.9 Å². The minimum Gasteiger partial charge on any atom is -0.466 e. The summed E-state index contributed by atoms with van der Waals surface area (Å²) in [6.45, 7) is 1.88. The average molecular weight is 321 g/mol. The summed E-state index contributed by atoms with van der Waals surface area (Å²) in [5.74, 6) is -0.504. The van der Waals surface area contributed by atoms with Crippen molar-refractivity contribution in [1.29, 1.82) is 0 Å². The van der Waals surface area contributed by atoms with Gasteiger partial charge in [-0.2, -0.15) is 0 Å². The van der Waals surface area contributed by atoms with Gasteiger partial charge in [-0.1, -0.05) is 19.1 Å². The molecule has 0 saturated heterocycles. The van der Waals surface area contributed by atoms with E-state index in [1.165, 1.54) is 19.2 Å². The van der Waals surface area contributed by atoms with E-state index < -0.39 is 16.9 Å². The molecule has 0 spiro atoms. The first kappa shape index (κ1) is 15.9. The molecule has 22 heavy (non-hydrogen) atoms. The molecule has 0 radical (unpaired) electrons. The molecule has 0 aliphatic carbocycles. The Morgan fingerprint density at radius 3 is 2.82 bits per heavy atom. The van der Waals surface area contributed by atoms with E-state index in [1.807, 2.05) is 6.92 Å². The van der Waals surface area contributed by atoms with Crippen molar-refractivity contribution < 1.29 is 14.5 Å². The fraction of sp³-hybridized carbons (Fsp3) is 0.286. The van der Waals surface area contributed by atoms with Crippen LogP contribution in [0.5, 0.6) is 0 Å². The average Bonchev–Trinajstić information content (AvgIpc) is 2.53. The summed E-state index contributed by atoms with van der Waals surface area (Å²) in [5, 5.41) is 17.2. The minimum absolute atomic E-state index is 0.0500. The fourth-order valence-corrected chi connectivity index (χ4v) is 2.56. The Morgan fingerprint density at radius 2 is 2.23 bits per heavy atom. The monoisotopic (exact) mass is 321 g/mol. The van der Waals surface area contributed by atoms with Crippen LogP contribution in [0.4, 0.5) is 5.69 Å². The highest BCUT2D eigenvalue weighted by Gasteiger charge is 2.32. The van der Waals surface area contributed by atoms with Gasteiger partial charge in [-0.05, 0) is 24.2 Å². The van der Waals surface area contributed by atoms with E-state index in [9.17, 15) is 14.9 Å². The van der Waals surface area contributed by atoms with Crippen molar-refractivity contribution in [3.05, 3.63) is 51.2 Å². The van der Waals surface area contributed by atoms with Crippen molar-refractivity contribution in [2.45, 2.75) is 19.4 Å². The van der Waals surface area contributed by atoms with Crippen LogP contribution in [-0.4, -0.2) is 23.1 Å². The summed E-state index contributed by atoms with van der Waals surface area (Å²) < 4.78 is 4.83. The molecule has 8 heteroatoms. The van der Waals surface area contributed by atoms with Gasteiger partial charge in [0.05, 0.1) is 23.6 Å². The molecule has 1 aliphatic rings. The number of ether oxygens (including phenoxy) is 1. The first-order valence-electron chi connectivity index (χ1n) is 6.61. The molecule has 0 amide bonds. The number of nitro groups is 1. The second-order valence-electron chi connectivity index (χ2n) is 4.62. The van der Waals surface area contributed by atoms with E-state index >= 15 is 0 Å². The van der Waals surface area contributed by atoms with Gasteiger partial charge in [0.2, 0.25) is 0 Å². The van der Waals surface area contributed by atoms with Crippen LogP contribution in [-0.2, 0) is 9.53 Å². The topological polar surface area (TPSA) is 93.5 Å². The zero-order valence-electron chi connectivity index (χ0n) is 12.1. The van der Waals surface area contributed by atoms with Gasteiger partial charge in [0, 0.05) is 17.8 Å². The van der Waals surface area contributed by atoms with Gasteiger partial charge < -0.3 is 15.4 Å². The number of nitro benzene ring substituents is 1. The van der Waals surface area contributed by atoms with Crippen molar-refractivity contribution in [3.63, 3.8) is 0 Å². The largest absolute Gasteiger partial charge is 0.466 e. The smallest absolute Gasteiger partial charge is 0.337 e. The van der Waals surface area contributed by atoms with E-state index in [2.05, 4.69) is 10.6 Å². The zero-order valence-corrected chi connectivity index (χ0v) is 12.9. The maximum Gasteiger partial charge on any atom is 0.337 e.